The third kappa shape index (κ3) is 4.54. The number of nitrogens with one attached hydrogen (secondary N) is 1. The number of benzene rings is 3. The summed E-state index contributed by atoms with van der Waals surface area (Å²) in [7, 11) is 0. The zero-order valence-corrected chi connectivity index (χ0v) is 18.3. The molecule has 0 unspecified atom stereocenters. The van der Waals surface area contributed by atoms with Crippen LogP contribution in [0.4, 0.5) is 5.69 Å². The van der Waals surface area contributed by atoms with Crippen LogP contribution in [0.5, 0.6) is 0 Å². The summed E-state index contributed by atoms with van der Waals surface area (Å²) in [6.45, 7) is 7.29. The molecule has 3 aromatic carbocycles. The molecule has 0 aliphatic heterocycles. The maximum Gasteiger partial charge on any atom is 0.335 e. The van der Waals surface area contributed by atoms with Crippen LogP contribution in [0.2, 0.25) is 0 Å². The summed E-state index contributed by atoms with van der Waals surface area (Å²) in [5.74, 6) is -1.28. The maximum absolute atomic E-state index is 12.6. The van der Waals surface area contributed by atoms with Gasteiger partial charge in [0.2, 0.25) is 0 Å². The lowest BCUT2D eigenvalue weighted by molar-refractivity contribution is 0.0696. The highest BCUT2D eigenvalue weighted by atomic mass is 16.4. The van der Waals surface area contributed by atoms with Crippen molar-refractivity contribution in [3.05, 3.63) is 95.3 Å². The first-order valence-corrected chi connectivity index (χ1v) is 10.4. The van der Waals surface area contributed by atoms with E-state index in [1.807, 2.05) is 6.07 Å². The number of anilines is 1. The number of hydrogen-bond donors (Lipinski definition) is 2. The van der Waals surface area contributed by atoms with Gasteiger partial charge in [-0.15, -0.1) is 0 Å². The molecule has 0 radical (unpaired) electrons. The molecule has 162 valence electrons. The summed E-state index contributed by atoms with van der Waals surface area (Å²) < 4.78 is 2.06. The molecule has 0 spiro atoms. The minimum Gasteiger partial charge on any atom is -0.478 e. The van der Waals surface area contributed by atoms with E-state index in [4.69, 9.17) is 5.11 Å². The molecule has 0 aliphatic rings. The van der Waals surface area contributed by atoms with Crippen molar-refractivity contribution >= 4 is 28.6 Å². The molecular formula is C26H25N3O3. The zero-order valence-electron chi connectivity index (χ0n) is 18.3. The fraction of sp³-hybridized carbons (Fsp3) is 0.192. The van der Waals surface area contributed by atoms with Crippen LogP contribution in [0, 0.1) is 0 Å². The van der Waals surface area contributed by atoms with Gasteiger partial charge in [-0.05, 0) is 59.0 Å². The molecule has 6 nitrogen and oxygen atoms in total. The topological polar surface area (TPSA) is 84.2 Å². The van der Waals surface area contributed by atoms with E-state index in [9.17, 15) is 9.59 Å². The molecule has 4 aromatic rings. The van der Waals surface area contributed by atoms with Crippen molar-refractivity contribution in [2.45, 2.75) is 32.7 Å². The summed E-state index contributed by atoms with van der Waals surface area (Å²) in [5.41, 5.74) is 5.48. The van der Waals surface area contributed by atoms with Crippen LogP contribution in [-0.2, 0) is 12.0 Å². The van der Waals surface area contributed by atoms with E-state index < -0.39 is 5.97 Å². The van der Waals surface area contributed by atoms with Crippen molar-refractivity contribution in [3.8, 4) is 0 Å². The molecule has 2 N–H and O–H groups in total. The lowest BCUT2D eigenvalue weighted by Crippen LogP contribution is -2.12. The largest absolute Gasteiger partial charge is 0.478 e. The van der Waals surface area contributed by atoms with Crippen LogP contribution in [0.25, 0.3) is 11.0 Å². The van der Waals surface area contributed by atoms with Crippen molar-refractivity contribution in [2.75, 3.05) is 5.32 Å². The summed E-state index contributed by atoms with van der Waals surface area (Å²) in [4.78, 5) is 28.1. The Hall–Kier alpha value is -3.93. The second-order valence-electron chi connectivity index (χ2n) is 8.86. The number of hydrogen-bond acceptors (Lipinski definition) is 3. The predicted octanol–water partition coefficient (Wildman–Crippen LogP) is 5.33. The van der Waals surface area contributed by atoms with E-state index in [1.54, 1.807) is 30.6 Å². The van der Waals surface area contributed by atoms with Crippen molar-refractivity contribution in [2.24, 2.45) is 0 Å². The molecule has 0 bridgehead atoms. The van der Waals surface area contributed by atoms with Crippen LogP contribution < -0.4 is 5.32 Å². The average Bonchev–Trinajstić information content (AvgIpc) is 3.16. The predicted molar refractivity (Wildman–Crippen MR) is 125 cm³/mol. The Kier molecular flexibility index (Phi) is 5.53. The van der Waals surface area contributed by atoms with Gasteiger partial charge in [-0.2, -0.15) is 0 Å². The molecule has 6 heteroatoms. The highest BCUT2D eigenvalue weighted by Gasteiger charge is 2.14. The van der Waals surface area contributed by atoms with Gasteiger partial charge in [0.05, 0.1) is 22.9 Å². The molecule has 0 atom stereocenters. The number of aromatic nitrogens is 2. The van der Waals surface area contributed by atoms with Crippen LogP contribution in [0.15, 0.2) is 73.1 Å². The van der Waals surface area contributed by atoms with Crippen molar-refractivity contribution in [3.63, 3.8) is 0 Å². The number of nitrogens with zero attached hydrogens (tertiary/aromatic N) is 2. The first kappa shape index (κ1) is 21.3. The Morgan fingerprint density at radius 3 is 2.22 bits per heavy atom. The molecule has 1 aromatic heterocycles. The summed E-state index contributed by atoms with van der Waals surface area (Å²) >= 11 is 0. The summed E-state index contributed by atoms with van der Waals surface area (Å²) in [6.07, 6.45) is 1.79. The zero-order chi connectivity index (χ0) is 22.9. The molecule has 0 saturated heterocycles. The molecular weight excluding hydrogens is 402 g/mol. The number of fused-ring (bicyclic) bond motifs is 1. The van der Waals surface area contributed by atoms with E-state index in [2.05, 4.69) is 59.9 Å². The van der Waals surface area contributed by atoms with Gasteiger partial charge < -0.3 is 15.0 Å². The Balaban J connectivity index is 1.49. The van der Waals surface area contributed by atoms with Crippen molar-refractivity contribution < 1.29 is 14.7 Å². The van der Waals surface area contributed by atoms with E-state index in [1.165, 1.54) is 23.3 Å². The highest BCUT2D eigenvalue weighted by molar-refractivity contribution is 6.06. The van der Waals surface area contributed by atoms with Gasteiger partial charge in [-0.1, -0.05) is 45.0 Å². The Bertz CT molecular complexity index is 1280. The quantitative estimate of drug-likeness (QED) is 0.451. The number of imidazole rings is 1. The minimum atomic E-state index is -1.01. The highest BCUT2D eigenvalue weighted by Crippen LogP contribution is 2.23. The third-order valence-corrected chi connectivity index (χ3v) is 5.45. The van der Waals surface area contributed by atoms with E-state index in [0.717, 1.165) is 11.0 Å². The average molecular weight is 428 g/mol. The standard InChI is InChI=1S/C26H25N3O3/c1-26(2,3)20-9-4-17(5-10-20)15-29-16-27-22-14-19(8-13-23(22)29)24(30)28-21-11-6-18(7-12-21)25(31)32/h4-14,16H,15H2,1-3H3,(H,28,30)(H,31,32). The van der Waals surface area contributed by atoms with Gasteiger partial charge >= 0.3 is 5.97 Å². The van der Waals surface area contributed by atoms with Gasteiger partial charge in [0, 0.05) is 17.8 Å². The maximum atomic E-state index is 12.6. The molecule has 1 heterocycles. The van der Waals surface area contributed by atoms with Crippen molar-refractivity contribution in [1.29, 1.82) is 0 Å². The number of amides is 1. The molecule has 0 saturated carbocycles. The van der Waals surface area contributed by atoms with Gasteiger partial charge in [0.1, 0.15) is 0 Å². The van der Waals surface area contributed by atoms with Gasteiger partial charge in [0.25, 0.3) is 5.91 Å². The number of aromatic carboxylic acids is 1. The van der Waals surface area contributed by atoms with Crippen LogP contribution in [0.1, 0.15) is 52.6 Å². The molecule has 32 heavy (non-hydrogen) atoms. The van der Waals surface area contributed by atoms with E-state index in [0.29, 0.717) is 17.8 Å². The second kappa shape index (κ2) is 8.30. The molecule has 0 fully saturated rings. The summed E-state index contributed by atoms with van der Waals surface area (Å²) in [5, 5.41) is 11.8. The van der Waals surface area contributed by atoms with Gasteiger partial charge in [-0.25, -0.2) is 9.78 Å². The van der Waals surface area contributed by atoms with E-state index in [-0.39, 0.29) is 16.9 Å². The first-order chi connectivity index (χ1) is 15.2. The lowest BCUT2D eigenvalue weighted by Gasteiger charge is -2.19. The molecule has 1 amide bonds. The number of carbonyl (C=O) groups is 2. The number of carboxylic acid groups (broad SMARTS) is 1. The fourth-order valence-electron chi connectivity index (χ4n) is 3.54. The fourth-order valence-corrected chi connectivity index (χ4v) is 3.54. The molecule has 4 rings (SSSR count). The van der Waals surface area contributed by atoms with Crippen LogP contribution in [0.3, 0.4) is 0 Å². The lowest BCUT2D eigenvalue weighted by atomic mass is 9.87. The first-order valence-electron chi connectivity index (χ1n) is 10.4. The Labute approximate surface area is 186 Å². The Morgan fingerprint density at radius 1 is 0.938 bits per heavy atom. The summed E-state index contributed by atoms with van der Waals surface area (Å²) in [6, 6.07) is 20.1. The monoisotopic (exact) mass is 427 g/mol. The Morgan fingerprint density at radius 2 is 1.59 bits per heavy atom. The SMILES string of the molecule is CC(C)(C)c1ccc(Cn2cnc3cc(C(=O)Nc4ccc(C(=O)O)cc4)ccc32)cc1. The normalized spacial score (nSPS) is 11.5. The van der Waals surface area contributed by atoms with Crippen LogP contribution >= 0.6 is 0 Å². The van der Waals surface area contributed by atoms with Gasteiger partial charge in [0.15, 0.2) is 0 Å². The van der Waals surface area contributed by atoms with E-state index >= 15 is 0 Å². The molecule has 0 aliphatic carbocycles. The number of carboxylic acids is 1. The smallest absolute Gasteiger partial charge is 0.335 e. The second-order valence-corrected chi connectivity index (χ2v) is 8.86. The third-order valence-electron chi connectivity index (χ3n) is 5.45. The number of rotatable bonds is 5. The van der Waals surface area contributed by atoms with Crippen LogP contribution in [-0.4, -0.2) is 26.5 Å². The minimum absolute atomic E-state index is 0.121. The number of carbonyl (C=O) groups excluding carboxylic acids is 1. The van der Waals surface area contributed by atoms with Gasteiger partial charge in [-0.3, -0.25) is 4.79 Å². The van der Waals surface area contributed by atoms with Crippen molar-refractivity contribution in [1.82, 2.24) is 9.55 Å².